The molecule has 0 heterocycles. The zero-order chi connectivity index (χ0) is 24.0. The van der Waals surface area contributed by atoms with Crippen LogP contribution >= 0.6 is 12.2 Å². The summed E-state index contributed by atoms with van der Waals surface area (Å²) in [6, 6.07) is 21.5. The second-order valence-corrected chi connectivity index (χ2v) is 8.91. The summed E-state index contributed by atoms with van der Waals surface area (Å²) in [5.41, 5.74) is 3.42. The van der Waals surface area contributed by atoms with E-state index in [1.807, 2.05) is 24.3 Å². The van der Waals surface area contributed by atoms with Gasteiger partial charge in [0.25, 0.3) is 11.8 Å². The van der Waals surface area contributed by atoms with Gasteiger partial charge >= 0.3 is 0 Å². The molecule has 170 valence electrons. The molecule has 0 aliphatic rings. The van der Waals surface area contributed by atoms with Gasteiger partial charge in [0.1, 0.15) is 5.75 Å². The van der Waals surface area contributed by atoms with Crippen LogP contribution in [0.1, 0.15) is 47.1 Å². The molecule has 0 fully saturated rings. The van der Waals surface area contributed by atoms with Gasteiger partial charge in [-0.2, -0.15) is 0 Å². The number of hydrogen-bond donors (Lipinski definition) is 3. The van der Waals surface area contributed by atoms with E-state index in [2.05, 4.69) is 36.7 Å². The van der Waals surface area contributed by atoms with Gasteiger partial charge in [0.2, 0.25) is 0 Å². The van der Waals surface area contributed by atoms with Crippen molar-refractivity contribution in [3.63, 3.8) is 0 Å². The Labute approximate surface area is 199 Å². The molecule has 3 aromatic carbocycles. The molecule has 0 radical (unpaired) electrons. The summed E-state index contributed by atoms with van der Waals surface area (Å²) >= 11 is 5.26. The van der Waals surface area contributed by atoms with Crippen LogP contribution in [0.4, 0.5) is 11.4 Å². The van der Waals surface area contributed by atoms with Gasteiger partial charge in [-0.3, -0.25) is 14.9 Å². The standard InChI is InChI=1S/C26H27N3O3S/c1-26(2,3)19-13-11-17(12-14-19)23(30)27-20-8-6-9-21(16-20)28-25(33)29-24(31)18-7-5-10-22(15-18)32-4/h5-16H,1-4H3,(H,27,30)(H2,28,29,31,33). The Morgan fingerprint density at radius 3 is 2.06 bits per heavy atom. The quantitative estimate of drug-likeness (QED) is 0.445. The monoisotopic (exact) mass is 461 g/mol. The van der Waals surface area contributed by atoms with E-state index in [1.165, 1.54) is 7.11 Å². The third kappa shape index (κ3) is 6.63. The van der Waals surface area contributed by atoms with E-state index in [4.69, 9.17) is 17.0 Å². The van der Waals surface area contributed by atoms with Crippen molar-refractivity contribution >= 4 is 40.5 Å². The first kappa shape index (κ1) is 23.9. The Kier molecular flexibility index (Phi) is 7.45. The summed E-state index contributed by atoms with van der Waals surface area (Å²) in [5.74, 6) is 0.0223. The molecule has 0 aromatic heterocycles. The first-order valence-corrected chi connectivity index (χ1v) is 10.8. The van der Waals surface area contributed by atoms with Crippen LogP contribution in [-0.4, -0.2) is 24.0 Å². The molecule has 0 aliphatic heterocycles. The minimum Gasteiger partial charge on any atom is -0.497 e. The molecule has 0 unspecified atom stereocenters. The van der Waals surface area contributed by atoms with E-state index in [0.29, 0.717) is 28.3 Å². The minimum absolute atomic E-state index is 0.0232. The second-order valence-electron chi connectivity index (χ2n) is 8.50. The van der Waals surface area contributed by atoms with E-state index in [0.717, 1.165) is 5.56 Å². The van der Waals surface area contributed by atoms with Gasteiger partial charge < -0.3 is 15.4 Å². The van der Waals surface area contributed by atoms with Crippen LogP contribution in [-0.2, 0) is 5.41 Å². The van der Waals surface area contributed by atoms with Gasteiger partial charge in [-0.05, 0) is 71.7 Å². The number of benzene rings is 3. The van der Waals surface area contributed by atoms with E-state index in [1.54, 1.807) is 48.5 Å². The maximum absolute atomic E-state index is 12.6. The lowest BCUT2D eigenvalue weighted by molar-refractivity contribution is 0.0976. The Balaban J connectivity index is 1.61. The molecule has 3 N–H and O–H groups in total. The first-order chi connectivity index (χ1) is 15.7. The predicted octanol–water partition coefficient (Wildman–Crippen LogP) is 5.37. The first-order valence-electron chi connectivity index (χ1n) is 10.4. The summed E-state index contributed by atoms with van der Waals surface area (Å²) in [4.78, 5) is 25.1. The number of nitrogens with one attached hydrogen (secondary N) is 3. The van der Waals surface area contributed by atoms with E-state index in [-0.39, 0.29) is 22.3 Å². The predicted molar refractivity (Wildman–Crippen MR) is 136 cm³/mol. The van der Waals surface area contributed by atoms with Crippen LogP contribution < -0.4 is 20.7 Å². The Hall–Kier alpha value is -3.71. The lowest BCUT2D eigenvalue weighted by Gasteiger charge is -2.19. The molecule has 3 rings (SSSR count). The Morgan fingerprint density at radius 1 is 0.788 bits per heavy atom. The zero-order valence-corrected chi connectivity index (χ0v) is 19.9. The third-order valence-electron chi connectivity index (χ3n) is 4.95. The number of rotatable bonds is 5. The van der Waals surface area contributed by atoms with Crippen LogP contribution in [0.2, 0.25) is 0 Å². The van der Waals surface area contributed by atoms with Crippen molar-refractivity contribution in [2.24, 2.45) is 0 Å². The minimum atomic E-state index is -0.352. The normalized spacial score (nSPS) is 10.8. The molecular formula is C26H27N3O3S. The number of methoxy groups -OCH3 is 1. The second kappa shape index (κ2) is 10.3. The van der Waals surface area contributed by atoms with Crippen LogP contribution in [0.25, 0.3) is 0 Å². The molecular weight excluding hydrogens is 434 g/mol. The van der Waals surface area contributed by atoms with Gasteiger partial charge in [-0.1, -0.05) is 45.0 Å². The van der Waals surface area contributed by atoms with Crippen molar-refractivity contribution in [2.75, 3.05) is 17.7 Å². The van der Waals surface area contributed by atoms with E-state index >= 15 is 0 Å². The van der Waals surface area contributed by atoms with Gasteiger partial charge in [0, 0.05) is 22.5 Å². The highest BCUT2D eigenvalue weighted by Crippen LogP contribution is 2.23. The molecule has 0 saturated heterocycles. The lowest BCUT2D eigenvalue weighted by atomic mass is 9.87. The number of thiocarbonyl (C=S) groups is 1. The number of amides is 2. The molecule has 0 bridgehead atoms. The van der Waals surface area contributed by atoms with Crippen molar-refractivity contribution < 1.29 is 14.3 Å². The summed E-state index contributed by atoms with van der Waals surface area (Å²) in [6.07, 6.45) is 0. The number of anilines is 2. The van der Waals surface area contributed by atoms with Crippen LogP contribution in [0.15, 0.2) is 72.8 Å². The van der Waals surface area contributed by atoms with Gasteiger partial charge in [0.05, 0.1) is 7.11 Å². The number of hydrogen-bond acceptors (Lipinski definition) is 4. The van der Waals surface area contributed by atoms with Crippen LogP contribution in [0.3, 0.4) is 0 Å². The van der Waals surface area contributed by atoms with Crippen molar-refractivity contribution in [3.8, 4) is 5.75 Å². The summed E-state index contributed by atoms with van der Waals surface area (Å²) < 4.78 is 5.14. The van der Waals surface area contributed by atoms with E-state index in [9.17, 15) is 9.59 Å². The SMILES string of the molecule is COc1cccc(C(=O)NC(=S)Nc2cccc(NC(=O)c3ccc(C(C)(C)C)cc3)c2)c1. The van der Waals surface area contributed by atoms with Crippen LogP contribution in [0.5, 0.6) is 5.75 Å². The average molecular weight is 462 g/mol. The molecule has 0 atom stereocenters. The van der Waals surface area contributed by atoms with Crippen LogP contribution in [0, 0.1) is 0 Å². The van der Waals surface area contributed by atoms with Gasteiger partial charge in [0.15, 0.2) is 5.11 Å². The molecule has 0 spiro atoms. The maximum atomic E-state index is 12.6. The summed E-state index contributed by atoms with van der Waals surface area (Å²) in [6.45, 7) is 6.39. The van der Waals surface area contributed by atoms with Gasteiger partial charge in [-0.15, -0.1) is 0 Å². The van der Waals surface area contributed by atoms with Gasteiger partial charge in [-0.25, -0.2) is 0 Å². The topological polar surface area (TPSA) is 79.5 Å². The highest BCUT2D eigenvalue weighted by Gasteiger charge is 2.15. The van der Waals surface area contributed by atoms with Crippen molar-refractivity contribution in [1.82, 2.24) is 5.32 Å². The number of ether oxygens (including phenoxy) is 1. The zero-order valence-electron chi connectivity index (χ0n) is 19.1. The van der Waals surface area contributed by atoms with Crippen molar-refractivity contribution in [2.45, 2.75) is 26.2 Å². The largest absolute Gasteiger partial charge is 0.497 e. The number of carbonyl (C=O) groups is 2. The number of carbonyl (C=O) groups excluding carboxylic acids is 2. The summed E-state index contributed by atoms with van der Waals surface area (Å²) in [5, 5.41) is 8.63. The molecule has 0 aliphatic carbocycles. The summed E-state index contributed by atoms with van der Waals surface area (Å²) in [7, 11) is 1.54. The Bertz CT molecular complexity index is 1170. The Morgan fingerprint density at radius 2 is 1.42 bits per heavy atom. The molecule has 6 nitrogen and oxygen atoms in total. The van der Waals surface area contributed by atoms with Crippen molar-refractivity contribution in [1.29, 1.82) is 0 Å². The maximum Gasteiger partial charge on any atom is 0.257 e. The molecule has 0 saturated carbocycles. The van der Waals surface area contributed by atoms with Crippen molar-refractivity contribution in [3.05, 3.63) is 89.5 Å². The fraction of sp³-hybridized carbons (Fsp3) is 0.192. The molecule has 33 heavy (non-hydrogen) atoms. The highest BCUT2D eigenvalue weighted by atomic mass is 32.1. The smallest absolute Gasteiger partial charge is 0.257 e. The third-order valence-corrected chi connectivity index (χ3v) is 5.15. The molecule has 3 aromatic rings. The van der Waals surface area contributed by atoms with E-state index < -0.39 is 0 Å². The lowest BCUT2D eigenvalue weighted by Crippen LogP contribution is -2.34. The fourth-order valence-electron chi connectivity index (χ4n) is 3.10. The molecule has 2 amide bonds. The average Bonchev–Trinajstić information content (AvgIpc) is 2.78. The molecule has 7 heteroatoms. The highest BCUT2D eigenvalue weighted by molar-refractivity contribution is 7.80. The fourth-order valence-corrected chi connectivity index (χ4v) is 3.31.